The fraction of sp³-hybridized carbons (Fsp3) is 0.305. The Bertz CT molecular complexity index is 2690. The summed E-state index contributed by atoms with van der Waals surface area (Å²) < 4.78 is 37.2. The summed E-state index contributed by atoms with van der Waals surface area (Å²) in [4.78, 5) is 67.2. The van der Waals surface area contributed by atoms with Gasteiger partial charge >= 0.3 is 11.9 Å². The van der Waals surface area contributed by atoms with Crippen molar-refractivity contribution in [1.29, 1.82) is 0 Å². The van der Waals surface area contributed by atoms with Crippen molar-refractivity contribution in [3.05, 3.63) is 213 Å². The lowest BCUT2D eigenvalue weighted by Gasteiger charge is -2.32. The smallest absolute Gasteiger partial charge is 0.333 e. The lowest BCUT2D eigenvalue weighted by atomic mass is 9.73. The number of ether oxygens (including phenoxy) is 6. The van der Waals surface area contributed by atoms with Gasteiger partial charge in [-0.05, 0) is 104 Å². The molecule has 0 unspecified atom stereocenters. The fourth-order valence-electron chi connectivity index (χ4n) is 7.94. The number of esters is 2. The van der Waals surface area contributed by atoms with E-state index in [0.717, 1.165) is 22.3 Å². The molecule has 0 aliphatic rings. The topological polar surface area (TPSA) is 154 Å². The highest BCUT2D eigenvalue weighted by atomic mass is 16.6. The summed E-state index contributed by atoms with van der Waals surface area (Å²) in [5, 5.41) is 0. The number of aryl methyl sites for hydroxylation is 2. The first-order valence-corrected chi connectivity index (χ1v) is 24.4. The van der Waals surface area contributed by atoms with Gasteiger partial charge in [-0.1, -0.05) is 105 Å². The van der Waals surface area contributed by atoms with Gasteiger partial charge in [-0.3, -0.25) is 14.4 Å². The molecule has 4 aromatic carbocycles. The number of nitrogens with zero attached hydrogens (tertiary/aromatic N) is 3. The van der Waals surface area contributed by atoms with Gasteiger partial charge in [-0.2, -0.15) is 0 Å². The predicted molar refractivity (Wildman–Crippen MR) is 280 cm³/mol. The van der Waals surface area contributed by atoms with Gasteiger partial charge < -0.3 is 42.5 Å². The first kappa shape index (κ1) is 54.2. The van der Waals surface area contributed by atoms with Crippen LogP contribution in [0.15, 0.2) is 180 Å². The lowest BCUT2D eigenvalue weighted by Crippen LogP contribution is -2.36. The molecule has 0 aliphatic carbocycles. The molecular weight excluding hydrogens is 927 g/mol. The lowest BCUT2D eigenvalue weighted by molar-refractivity contribution is -0.140. The summed E-state index contributed by atoms with van der Waals surface area (Å²) in [5.41, 5.74) is 3.15. The number of rotatable bonds is 29. The Hall–Kier alpha value is -8.13. The van der Waals surface area contributed by atoms with Crippen molar-refractivity contribution >= 4 is 17.8 Å². The molecule has 0 atom stereocenters. The van der Waals surface area contributed by atoms with E-state index < -0.39 is 17.4 Å². The molecule has 0 saturated heterocycles. The minimum absolute atomic E-state index is 0.0626. The molecule has 2 heterocycles. The van der Waals surface area contributed by atoms with Crippen LogP contribution in [-0.4, -0.2) is 71.4 Å². The normalized spacial score (nSPS) is 11.0. The van der Waals surface area contributed by atoms with Crippen LogP contribution in [0.4, 0.5) is 0 Å². The summed E-state index contributed by atoms with van der Waals surface area (Å²) in [6.45, 7) is 14.8. The Labute approximate surface area is 427 Å². The largest absolute Gasteiger partial charge is 0.490 e. The van der Waals surface area contributed by atoms with Gasteiger partial charge in [0.05, 0.1) is 0 Å². The Morgan fingerprint density at radius 3 is 1.34 bits per heavy atom. The number of aromatic nitrogens is 2. The van der Waals surface area contributed by atoms with E-state index in [1.54, 1.807) is 59.6 Å². The zero-order chi connectivity index (χ0) is 52.0. The number of hydrogen-bond acceptors (Lipinski definition) is 11. The predicted octanol–water partition coefficient (Wildman–Crippen LogP) is 9.26. The van der Waals surface area contributed by atoms with Crippen molar-refractivity contribution in [2.75, 3.05) is 39.5 Å². The number of carbonyl (C=O) groups excluding carboxylic acids is 3. The molecule has 0 spiro atoms. The summed E-state index contributed by atoms with van der Waals surface area (Å²) in [5.74, 6) is 0.589. The Balaban J connectivity index is 1.18. The highest BCUT2D eigenvalue weighted by Gasteiger charge is 2.31. The van der Waals surface area contributed by atoms with E-state index in [1.807, 2.05) is 114 Å². The molecule has 14 heteroatoms. The van der Waals surface area contributed by atoms with Crippen LogP contribution >= 0.6 is 0 Å². The first-order chi connectivity index (χ1) is 35.3. The highest BCUT2D eigenvalue weighted by Crippen LogP contribution is 2.38. The Morgan fingerprint density at radius 1 is 0.534 bits per heavy atom. The van der Waals surface area contributed by atoms with Crippen molar-refractivity contribution in [3.63, 3.8) is 0 Å². The van der Waals surface area contributed by atoms with Gasteiger partial charge in [0.15, 0.2) is 11.5 Å². The maximum Gasteiger partial charge on any atom is 0.333 e. The average Bonchev–Trinajstić information content (AvgIpc) is 3.40. The molecule has 0 aliphatic heterocycles. The van der Waals surface area contributed by atoms with Crippen molar-refractivity contribution in [3.8, 4) is 23.0 Å². The number of hydrogen-bond donors (Lipinski definition) is 0. The van der Waals surface area contributed by atoms with Crippen molar-refractivity contribution < 1.29 is 42.8 Å². The van der Waals surface area contributed by atoms with Gasteiger partial charge in [-0.15, -0.1) is 0 Å². The van der Waals surface area contributed by atoms with Crippen LogP contribution in [0.1, 0.15) is 68.7 Å². The molecule has 6 rings (SSSR count). The van der Waals surface area contributed by atoms with Gasteiger partial charge in [0.2, 0.25) is 5.91 Å². The molecule has 1 amide bonds. The molecule has 2 aromatic heterocycles. The maximum atomic E-state index is 14.6. The molecular formula is C59H65N3O11. The third kappa shape index (κ3) is 16.5. The molecule has 0 saturated carbocycles. The summed E-state index contributed by atoms with van der Waals surface area (Å²) in [6.07, 6.45) is 4.99. The highest BCUT2D eigenvalue weighted by molar-refractivity contribution is 5.87. The van der Waals surface area contributed by atoms with E-state index in [1.165, 1.54) is 0 Å². The molecule has 6 aromatic rings. The van der Waals surface area contributed by atoms with Crippen LogP contribution < -0.4 is 30.1 Å². The van der Waals surface area contributed by atoms with E-state index in [-0.39, 0.29) is 74.6 Å². The van der Waals surface area contributed by atoms with Crippen LogP contribution in [0.2, 0.25) is 0 Å². The zero-order valence-corrected chi connectivity index (χ0v) is 42.0. The minimum Gasteiger partial charge on any atom is -0.490 e. The van der Waals surface area contributed by atoms with Crippen LogP contribution in [-0.2, 0) is 55.6 Å². The standard InChI is InChI=1S/C59H65N3O11/c1-44(2)57(66)70-40-38-68-50-26-22-48(23-27-50)59(5,49-24-28-51(29-25-49)69-39-41-71-58(67)45(3)4)31-30-54(63)60(34-14-36-61-32-12-20-52(55(61)64)72-42-46-16-8-6-9-17-46)35-15-37-62-33-13-21-53(56(62)65)73-43-47-18-10-7-11-19-47/h6-13,16-29,32-33H,1,3,14-15,30-31,34-43H2,2,4-5H3. The Morgan fingerprint density at radius 2 is 0.945 bits per heavy atom. The third-order valence-electron chi connectivity index (χ3n) is 12.1. The average molecular weight is 992 g/mol. The van der Waals surface area contributed by atoms with Crippen molar-refractivity contribution in [2.24, 2.45) is 0 Å². The second-order valence-electron chi connectivity index (χ2n) is 17.8. The molecule has 0 N–H and O–H groups in total. The van der Waals surface area contributed by atoms with E-state index >= 15 is 0 Å². The van der Waals surface area contributed by atoms with Gasteiger partial charge in [-0.25, -0.2) is 9.59 Å². The molecule has 73 heavy (non-hydrogen) atoms. The quantitative estimate of drug-likeness (QED) is 0.0251. The van der Waals surface area contributed by atoms with Crippen molar-refractivity contribution in [1.82, 2.24) is 14.0 Å². The number of pyridine rings is 2. The summed E-state index contributed by atoms with van der Waals surface area (Å²) in [6, 6.07) is 41.4. The molecule has 14 nitrogen and oxygen atoms in total. The van der Waals surface area contributed by atoms with Gasteiger partial charge in [0.25, 0.3) is 11.1 Å². The molecule has 0 radical (unpaired) electrons. The monoisotopic (exact) mass is 991 g/mol. The second kappa shape index (κ2) is 27.5. The van der Waals surface area contributed by atoms with E-state index in [4.69, 9.17) is 28.4 Å². The van der Waals surface area contributed by atoms with Crippen molar-refractivity contribution in [2.45, 2.75) is 78.2 Å². The van der Waals surface area contributed by atoms with Gasteiger partial charge in [0.1, 0.15) is 51.1 Å². The number of benzene rings is 4. The SMILES string of the molecule is C=C(C)C(=O)OCCOc1ccc(C(C)(CCC(=O)N(CCCn2cccc(OCc3ccccc3)c2=O)CCCn2cccc(OCc3ccccc3)c2=O)c2ccc(OCCOC(=O)C(=C)C)cc2)cc1. The summed E-state index contributed by atoms with van der Waals surface area (Å²) >= 11 is 0. The minimum atomic E-state index is -0.687. The number of carbonyl (C=O) groups is 3. The van der Waals surface area contributed by atoms with E-state index in [2.05, 4.69) is 20.1 Å². The van der Waals surface area contributed by atoms with Crippen LogP contribution in [0.25, 0.3) is 0 Å². The maximum absolute atomic E-state index is 14.6. The van der Waals surface area contributed by atoms with E-state index in [0.29, 0.717) is 68.1 Å². The van der Waals surface area contributed by atoms with Crippen LogP contribution in [0, 0.1) is 0 Å². The summed E-state index contributed by atoms with van der Waals surface area (Å²) in [7, 11) is 0. The zero-order valence-electron chi connectivity index (χ0n) is 42.0. The molecule has 0 fully saturated rings. The number of amides is 1. The third-order valence-corrected chi connectivity index (χ3v) is 12.1. The van der Waals surface area contributed by atoms with E-state index in [9.17, 15) is 24.0 Å². The van der Waals surface area contributed by atoms with Gasteiger partial charge in [0, 0.05) is 61.6 Å². The second-order valence-corrected chi connectivity index (χ2v) is 17.8. The van der Waals surface area contributed by atoms with Crippen LogP contribution in [0.5, 0.6) is 23.0 Å². The Kier molecular flexibility index (Phi) is 20.4. The fourth-order valence-corrected chi connectivity index (χ4v) is 7.94. The molecule has 382 valence electrons. The van der Waals surface area contributed by atoms with Crippen LogP contribution in [0.3, 0.4) is 0 Å². The first-order valence-electron chi connectivity index (χ1n) is 24.4. The molecule has 0 bridgehead atoms.